The first-order valence-electron chi connectivity index (χ1n) is 4.26. The molecular formula is C8H19NO3. The third-order valence-electron chi connectivity index (χ3n) is 1.96. The number of aliphatic hydroxyl groups is 2. The van der Waals surface area contributed by atoms with Crippen LogP contribution in [0.4, 0.5) is 0 Å². The fourth-order valence-electron chi connectivity index (χ4n) is 1.24. The summed E-state index contributed by atoms with van der Waals surface area (Å²) in [5, 5.41) is 18.0. The fourth-order valence-corrected chi connectivity index (χ4v) is 1.24. The summed E-state index contributed by atoms with van der Waals surface area (Å²) < 4.78 is 4.89. The molecule has 0 spiro atoms. The molecule has 0 aromatic heterocycles. The lowest BCUT2D eigenvalue weighted by molar-refractivity contribution is -0.115. The number of hydrogen-bond acceptors (Lipinski definition) is 4. The van der Waals surface area contributed by atoms with Crippen LogP contribution in [-0.4, -0.2) is 54.3 Å². The SMILES string of the molecule is CCN(CC)C(COC)C(O)O. The predicted molar refractivity (Wildman–Crippen MR) is 46.8 cm³/mol. The van der Waals surface area contributed by atoms with E-state index in [0.717, 1.165) is 13.1 Å². The van der Waals surface area contributed by atoms with Crippen molar-refractivity contribution >= 4 is 0 Å². The Morgan fingerprint density at radius 2 is 1.75 bits per heavy atom. The molecule has 0 rings (SSSR count). The summed E-state index contributed by atoms with van der Waals surface area (Å²) >= 11 is 0. The molecular weight excluding hydrogens is 158 g/mol. The monoisotopic (exact) mass is 177 g/mol. The zero-order chi connectivity index (χ0) is 9.56. The van der Waals surface area contributed by atoms with Gasteiger partial charge < -0.3 is 14.9 Å². The standard InChI is InChI=1S/C8H19NO3/c1-4-9(5-2)7(6-12-3)8(10)11/h7-8,10-11H,4-6H2,1-3H3. The average Bonchev–Trinajstić information content (AvgIpc) is 2.05. The van der Waals surface area contributed by atoms with Gasteiger partial charge in [0, 0.05) is 7.11 Å². The van der Waals surface area contributed by atoms with Gasteiger partial charge in [0.15, 0.2) is 6.29 Å². The zero-order valence-corrected chi connectivity index (χ0v) is 8.03. The van der Waals surface area contributed by atoms with Gasteiger partial charge in [-0.05, 0) is 13.1 Å². The Bertz CT molecular complexity index is 104. The van der Waals surface area contributed by atoms with Crippen molar-refractivity contribution in [3.05, 3.63) is 0 Å². The molecule has 74 valence electrons. The molecule has 0 aromatic carbocycles. The van der Waals surface area contributed by atoms with E-state index in [1.54, 1.807) is 7.11 Å². The molecule has 0 fully saturated rings. The van der Waals surface area contributed by atoms with E-state index in [2.05, 4.69) is 0 Å². The number of likely N-dealkylation sites (N-methyl/N-ethyl adjacent to an activating group) is 1. The Labute approximate surface area is 73.8 Å². The Hall–Kier alpha value is -0.160. The van der Waals surface area contributed by atoms with E-state index < -0.39 is 6.29 Å². The first kappa shape index (κ1) is 11.8. The number of methoxy groups -OCH3 is 1. The molecule has 0 aliphatic carbocycles. The van der Waals surface area contributed by atoms with E-state index >= 15 is 0 Å². The lowest BCUT2D eigenvalue weighted by Gasteiger charge is -2.29. The summed E-state index contributed by atoms with van der Waals surface area (Å²) in [5.74, 6) is 0. The molecule has 2 N–H and O–H groups in total. The second kappa shape index (κ2) is 6.37. The van der Waals surface area contributed by atoms with Crippen LogP contribution in [0.25, 0.3) is 0 Å². The molecule has 0 amide bonds. The highest BCUT2D eigenvalue weighted by atomic mass is 16.5. The number of hydrogen-bond donors (Lipinski definition) is 2. The van der Waals surface area contributed by atoms with Crippen LogP contribution in [0.3, 0.4) is 0 Å². The third-order valence-corrected chi connectivity index (χ3v) is 1.96. The molecule has 0 saturated carbocycles. The zero-order valence-electron chi connectivity index (χ0n) is 8.03. The highest BCUT2D eigenvalue weighted by Crippen LogP contribution is 2.03. The quantitative estimate of drug-likeness (QED) is 0.545. The first-order chi connectivity index (χ1) is 5.67. The van der Waals surface area contributed by atoms with Crippen LogP contribution in [0.2, 0.25) is 0 Å². The van der Waals surface area contributed by atoms with Crippen LogP contribution in [0, 0.1) is 0 Å². The van der Waals surface area contributed by atoms with Gasteiger partial charge in [-0.25, -0.2) is 0 Å². The van der Waals surface area contributed by atoms with Crippen molar-refractivity contribution in [1.82, 2.24) is 4.90 Å². The molecule has 0 heterocycles. The van der Waals surface area contributed by atoms with Crippen LogP contribution < -0.4 is 0 Å². The van der Waals surface area contributed by atoms with Crippen molar-refractivity contribution in [2.24, 2.45) is 0 Å². The van der Waals surface area contributed by atoms with E-state index in [1.807, 2.05) is 18.7 Å². The van der Waals surface area contributed by atoms with Gasteiger partial charge in [-0.3, -0.25) is 4.90 Å². The molecule has 0 radical (unpaired) electrons. The smallest absolute Gasteiger partial charge is 0.169 e. The lowest BCUT2D eigenvalue weighted by Crippen LogP contribution is -2.46. The molecule has 0 saturated heterocycles. The minimum absolute atomic E-state index is 0.315. The van der Waals surface area contributed by atoms with Gasteiger partial charge in [0.25, 0.3) is 0 Å². The van der Waals surface area contributed by atoms with Gasteiger partial charge in [-0.15, -0.1) is 0 Å². The Balaban J connectivity index is 4.05. The van der Waals surface area contributed by atoms with Crippen molar-refractivity contribution in [3.8, 4) is 0 Å². The van der Waals surface area contributed by atoms with Crippen LogP contribution in [0.15, 0.2) is 0 Å². The van der Waals surface area contributed by atoms with E-state index in [1.165, 1.54) is 0 Å². The van der Waals surface area contributed by atoms with Crippen LogP contribution in [0.1, 0.15) is 13.8 Å². The minimum atomic E-state index is -1.33. The predicted octanol–water partition coefficient (Wildman–Crippen LogP) is -0.346. The van der Waals surface area contributed by atoms with Gasteiger partial charge in [0.2, 0.25) is 0 Å². The van der Waals surface area contributed by atoms with Crippen molar-refractivity contribution in [3.63, 3.8) is 0 Å². The highest BCUT2D eigenvalue weighted by molar-refractivity contribution is 4.70. The maximum absolute atomic E-state index is 9.01. The van der Waals surface area contributed by atoms with Gasteiger partial charge in [-0.1, -0.05) is 13.8 Å². The number of rotatable bonds is 6. The molecule has 1 atom stereocenters. The van der Waals surface area contributed by atoms with E-state index in [9.17, 15) is 0 Å². The summed E-state index contributed by atoms with van der Waals surface area (Å²) in [5.41, 5.74) is 0. The molecule has 4 heteroatoms. The number of ether oxygens (including phenoxy) is 1. The molecule has 1 unspecified atom stereocenters. The lowest BCUT2D eigenvalue weighted by atomic mass is 10.2. The second-order valence-corrected chi connectivity index (χ2v) is 2.66. The summed E-state index contributed by atoms with van der Waals surface area (Å²) in [6.07, 6.45) is -1.33. The van der Waals surface area contributed by atoms with E-state index in [4.69, 9.17) is 14.9 Å². The Kier molecular flexibility index (Phi) is 6.28. The molecule has 0 aliphatic rings. The third kappa shape index (κ3) is 3.49. The molecule has 4 nitrogen and oxygen atoms in total. The van der Waals surface area contributed by atoms with Crippen molar-refractivity contribution in [2.45, 2.75) is 26.2 Å². The van der Waals surface area contributed by atoms with Gasteiger partial charge in [-0.2, -0.15) is 0 Å². The van der Waals surface area contributed by atoms with Crippen LogP contribution in [0.5, 0.6) is 0 Å². The normalized spacial score (nSPS) is 14.2. The summed E-state index contributed by atoms with van der Waals surface area (Å²) in [4.78, 5) is 1.95. The van der Waals surface area contributed by atoms with Gasteiger partial charge >= 0.3 is 0 Å². The van der Waals surface area contributed by atoms with Crippen LogP contribution >= 0.6 is 0 Å². The maximum Gasteiger partial charge on any atom is 0.169 e. The molecule has 0 aromatic rings. The highest BCUT2D eigenvalue weighted by Gasteiger charge is 2.21. The summed E-state index contributed by atoms with van der Waals surface area (Å²) in [6, 6.07) is -0.315. The van der Waals surface area contributed by atoms with Crippen molar-refractivity contribution in [1.29, 1.82) is 0 Å². The molecule has 12 heavy (non-hydrogen) atoms. The van der Waals surface area contributed by atoms with Gasteiger partial charge in [0.05, 0.1) is 12.6 Å². The second-order valence-electron chi connectivity index (χ2n) is 2.66. The fraction of sp³-hybridized carbons (Fsp3) is 1.00. The molecule has 0 aliphatic heterocycles. The number of aliphatic hydroxyl groups excluding tert-OH is 1. The molecule has 0 bridgehead atoms. The Morgan fingerprint density at radius 3 is 2.00 bits per heavy atom. The average molecular weight is 177 g/mol. The first-order valence-corrected chi connectivity index (χ1v) is 4.26. The van der Waals surface area contributed by atoms with Crippen LogP contribution in [-0.2, 0) is 4.74 Å². The minimum Gasteiger partial charge on any atom is -0.383 e. The largest absolute Gasteiger partial charge is 0.383 e. The van der Waals surface area contributed by atoms with E-state index in [0.29, 0.717) is 6.61 Å². The van der Waals surface area contributed by atoms with Crippen molar-refractivity contribution in [2.75, 3.05) is 26.8 Å². The van der Waals surface area contributed by atoms with Gasteiger partial charge in [0.1, 0.15) is 0 Å². The van der Waals surface area contributed by atoms with Crippen molar-refractivity contribution < 1.29 is 14.9 Å². The summed E-state index contributed by atoms with van der Waals surface area (Å²) in [7, 11) is 1.55. The van der Waals surface area contributed by atoms with E-state index in [-0.39, 0.29) is 6.04 Å². The topological polar surface area (TPSA) is 52.9 Å². The summed E-state index contributed by atoms with van der Waals surface area (Å²) in [6.45, 7) is 5.90. The maximum atomic E-state index is 9.01. The Morgan fingerprint density at radius 1 is 1.25 bits per heavy atom. The number of nitrogens with zero attached hydrogens (tertiary/aromatic N) is 1.